The first kappa shape index (κ1) is 17.0. The summed E-state index contributed by atoms with van der Waals surface area (Å²) in [6.45, 7) is 3.68. The number of benzene rings is 2. The second-order valence-corrected chi connectivity index (χ2v) is 7.58. The first-order valence-electron chi connectivity index (χ1n) is 9.71. The normalized spacial score (nSPS) is 15.5. The van der Waals surface area contributed by atoms with Crippen LogP contribution in [-0.2, 0) is 0 Å². The van der Waals surface area contributed by atoms with Gasteiger partial charge in [-0.1, -0.05) is 31.9 Å². The van der Waals surface area contributed by atoms with Gasteiger partial charge in [0.15, 0.2) is 0 Å². The van der Waals surface area contributed by atoms with E-state index >= 15 is 0 Å². The number of aromatic amines is 1. The number of H-pyrrole nitrogens is 1. The fourth-order valence-electron chi connectivity index (χ4n) is 4.46. The van der Waals surface area contributed by atoms with E-state index in [0.717, 1.165) is 16.6 Å². The first-order chi connectivity index (χ1) is 13.6. The Hall–Kier alpha value is -3.15. The molecule has 1 saturated carbocycles. The van der Waals surface area contributed by atoms with Crippen LogP contribution in [0.3, 0.4) is 0 Å². The first-order valence-corrected chi connectivity index (χ1v) is 9.71. The average molecular weight is 375 g/mol. The maximum atomic E-state index is 14.7. The molecule has 2 aromatic heterocycles. The highest BCUT2D eigenvalue weighted by molar-refractivity contribution is 5.99. The molecule has 0 amide bonds. The maximum absolute atomic E-state index is 14.7. The summed E-state index contributed by atoms with van der Waals surface area (Å²) in [6, 6.07) is 8.11. The Morgan fingerprint density at radius 2 is 2.00 bits per heavy atom. The lowest BCUT2D eigenvalue weighted by atomic mass is 9.95. The van der Waals surface area contributed by atoms with Gasteiger partial charge in [-0.3, -0.25) is 0 Å². The number of hydrogen-bond acceptors (Lipinski definition) is 3. The Morgan fingerprint density at radius 3 is 2.79 bits per heavy atom. The van der Waals surface area contributed by atoms with E-state index in [1.165, 1.54) is 38.2 Å². The number of fused-ring (bicyclic) bond motifs is 2. The van der Waals surface area contributed by atoms with Crippen LogP contribution in [-0.4, -0.2) is 19.5 Å². The van der Waals surface area contributed by atoms with Crippen molar-refractivity contribution in [2.45, 2.75) is 38.1 Å². The Morgan fingerprint density at radius 1 is 1.18 bits per heavy atom. The van der Waals surface area contributed by atoms with Gasteiger partial charge in [0.1, 0.15) is 5.82 Å². The third-order valence-electron chi connectivity index (χ3n) is 5.83. The standard InChI is InChI=1S/C22H22FN5/c1-13(24)20-17(23)10-16(21-22(20)26-11-25-21)14-7-8-19-18(9-14)27-12-28(19)15-5-3-2-4-6-15/h7-12,15H,1-6,24H2,(H,25,26). The number of nitrogens with zero attached hydrogens (tertiary/aromatic N) is 3. The molecule has 4 aromatic rings. The zero-order chi connectivity index (χ0) is 19.3. The van der Waals surface area contributed by atoms with Crippen LogP contribution in [0.2, 0.25) is 0 Å². The summed E-state index contributed by atoms with van der Waals surface area (Å²) in [5, 5.41) is 0. The third-order valence-corrected chi connectivity index (χ3v) is 5.83. The van der Waals surface area contributed by atoms with E-state index < -0.39 is 5.82 Å². The monoisotopic (exact) mass is 375 g/mol. The molecule has 142 valence electrons. The van der Waals surface area contributed by atoms with Crippen molar-refractivity contribution in [3.05, 3.63) is 54.9 Å². The number of aromatic nitrogens is 4. The highest BCUT2D eigenvalue weighted by Crippen LogP contribution is 2.35. The van der Waals surface area contributed by atoms with Crippen LogP contribution >= 0.6 is 0 Å². The van der Waals surface area contributed by atoms with Gasteiger partial charge in [0.05, 0.1) is 40.3 Å². The van der Waals surface area contributed by atoms with Crippen LogP contribution in [0.4, 0.5) is 4.39 Å². The van der Waals surface area contributed by atoms with E-state index in [2.05, 4.69) is 32.2 Å². The molecule has 1 aliphatic carbocycles. The smallest absolute Gasteiger partial charge is 0.135 e. The van der Waals surface area contributed by atoms with Crippen LogP contribution < -0.4 is 5.73 Å². The quantitative estimate of drug-likeness (QED) is 0.520. The number of rotatable bonds is 3. The van der Waals surface area contributed by atoms with Crippen LogP contribution in [0.25, 0.3) is 38.9 Å². The predicted octanol–water partition coefficient (Wildman–Crippen LogP) is 5.15. The van der Waals surface area contributed by atoms with E-state index in [4.69, 9.17) is 5.73 Å². The Balaban J connectivity index is 1.63. The predicted molar refractivity (Wildman–Crippen MR) is 110 cm³/mol. The fraction of sp³-hybridized carbons (Fsp3) is 0.273. The van der Waals surface area contributed by atoms with Gasteiger partial charge in [-0.05, 0) is 36.6 Å². The molecule has 2 heterocycles. The van der Waals surface area contributed by atoms with Crippen molar-refractivity contribution in [3.8, 4) is 11.1 Å². The van der Waals surface area contributed by atoms with Gasteiger partial charge in [-0.25, -0.2) is 14.4 Å². The zero-order valence-electron chi connectivity index (χ0n) is 15.6. The van der Waals surface area contributed by atoms with Gasteiger partial charge in [0.25, 0.3) is 0 Å². The molecule has 1 aliphatic rings. The van der Waals surface area contributed by atoms with Crippen LogP contribution in [0.5, 0.6) is 0 Å². The van der Waals surface area contributed by atoms with Gasteiger partial charge in [-0.2, -0.15) is 0 Å². The highest BCUT2D eigenvalue weighted by atomic mass is 19.1. The lowest BCUT2D eigenvalue weighted by Gasteiger charge is -2.23. The molecule has 28 heavy (non-hydrogen) atoms. The summed E-state index contributed by atoms with van der Waals surface area (Å²) < 4.78 is 17.0. The minimum atomic E-state index is -0.410. The summed E-state index contributed by atoms with van der Waals surface area (Å²) >= 11 is 0. The summed E-state index contributed by atoms with van der Waals surface area (Å²) in [5.41, 5.74) is 11.1. The van der Waals surface area contributed by atoms with Gasteiger partial charge in [-0.15, -0.1) is 0 Å². The second-order valence-electron chi connectivity index (χ2n) is 7.58. The number of imidazole rings is 2. The molecule has 1 fully saturated rings. The minimum Gasteiger partial charge on any atom is -0.399 e. The summed E-state index contributed by atoms with van der Waals surface area (Å²) in [4.78, 5) is 12.0. The van der Waals surface area contributed by atoms with E-state index in [-0.39, 0.29) is 11.3 Å². The van der Waals surface area contributed by atoms with Gasteiger partial charge in [0, 0.05) is 17.3 Å². The topological polar surface area (TPSA) is 72.5 Å². The van der Waals surface area contributed by atoms with Crippen molar-refractivity contribution in [1.82, 2.24) is 19.5 Å². The lowest BCUT2D eigenvalue weighted by Crippen LogP contribution is -2.11. The van der Waals surface area contributed by atoms with Gasteiger partial charge < -0.3 is 15.3 Å². The Kier molecular flexibility index (Phi) is 3.93. The molecule has 0 unspecified atom stereocenters. The van der Waals surface area contributed by atoms with Crippen molar-refractivity contribution >= 4 is 27.8 Å². The molecule has 5 nitrogen and oxygen atoms in total. The van der Waals surface area contributed by atoms with Crippen LogP contribution in [0.15, 0.2) is 43.5 Å². The minimum absolute atomic E-state index is 0.181. The molecule has 0 spiro atoms. The van der Waals surface area contributed by atoms with E-state index in [9.17, 15) is 4.39 Å². The molecular weight excluding hydrogens is 353 g/mol. The molecule has 0 atom stereocenters. The SMILES string of the molecule is C=C(N)c1c(F)cc(-c2ccc3c(c2)ncn3C2CCCCC2)c2nc[nH]c12. The molecule has 6 heteroatoms. The number of nitrogens with one attached hydrogen (secondary N) is 1. The van der Waals surface area contributed by atoms with Crippen LogP contribution in [0.1, 0.15) is 43.7 Å². The second kappa shape index (κ2) is 6.48. The molecule has 2 aromatic carbocycles. The van der Waals surface area contributed by atoms with Gasteiger partial charge in [0.2, 0.25) is 0 Å². The summed E-state index contributed by atoms with van der Waals surface area (Å²) in [7, 11) is 0. The molecular formula is C22H22FN5. The largest absolute Gasteiger partial charge is 0.399 e. The molecule has 3 N–H and O–H groups in total. The van der Waals surface area contributed by atoms with Crippen molar-refractivity contribution in [3.63, 3.8) is 0 Å². The average Bonchev–Trinajstić information content (AvgIpc) is 3.34. The Bertz CT molecular complexity index is 1200. The van der Waals surface area contributed by atoms with Gasteiger partial charge >= 0.3 is 0 Å². The summed E-state index contributed by atoms with van der Waals surface area (Å²) in [6.07, 6.45) is 9.78. The lowest BCUT2D eigenvalue weighted by molar-refractivity contribution is 0.359. The molecule has 0 radical (unpaired) electrons. The van der Waals surface area contributed by atoms with E-state index in [1.807, 2.05) is 18.5 Å². The maximum Gasteiger partial charge on any atom is 0.135 e. The number of nitrogens with two attached hydrogens (primary N) is 1. The molecule has 5 rings (SSSR count). The van der Waals surface area contributed by atoms with Crippen molar-refractivity contribution < 1.29 is 4.39 Å². The highest BCUT2D eigenvalue weighted by Gasteiger charge is 2.19. The number of halogens is 1. The summed E-state index contributed by atoms with van der Waals surface area (Å²) in [5.74, 6) is -0.410. The van der Waals surface area contributed by atoms with E-state index in [0.29, 0.717) is 22.6 Å². The van der Waals surface area contributed by atoms with E-state index in [1.54, 1.807) is 6.33 Å². The molecule has 0 bridgehead atoms. The molecule has 0 aliphatic heterocycles. The Labute approximate surface area is 162 Å². The third kappa shape index (κ3) is 2.59. The van der Waals surface area contributed by atoms with Crippen molar-refractivity contribution in [2.75, 3.05) is 0 Å². The van der Waals surface area contributed by atoms with Crippen molar-refractivity contribution in [2.24, 2.45) is 5.73 Å². The zero-order valence-corrected chi connectivity index (χ0v) is 15.6. The fourth-order valence-corrected chi connectivity index (χ4v) is 4.46. The van der Waals surface area contributed by atoms with Crippen LogP contribution in [0, 0.1) is 5.82 Å². The van der Waals surface area contributed by atoms with Crippen molar-refractivity contribution in [1.29, 1.82) is 0 Å². The number of hydrogen-bond donors (Lipinski definition) is 2. The molecule has 0 saturated heterocycles.